The summed E-state index contributed by atoms with van der Waals surface area (Å²) in [6.07, 6.45) is 3.33. The Morgan fingerprint density at radius 1 is 1.35 bits per heavy atom. The van der Waals surface area contributed by atoms with Gasteiger partial charge in [0.1, 0.15) is 6.04 Å². The lowest BCUT2D eigenvalue weighted by atomic mass is 10.1. The van der Waals surface area contributed by atoms with E-state index in [1.165, 1.54) is 0 Å². The maximum absolute atomic E-state index is 12.2. The van der Waals surface area contributed by atoms with Crippen molar-refractivity contribution >= 4 is 11.8 Å². The number of ether oxygens (including phenoxy) is 1. The van der Waals surface area contributed by atoms with Gasteiger partial charge in [-0.2, -0.15) is 0 Å². The molecule has 2 N–H and O–H groups in total. The third kappa shape index (κ3) is 3.93. The molecule has 2 aliphatic rings. The fourth-order valence-corrected chi connectivity index (χ4v) is 2.84. The van der Waals surface area contributed by atoms with Crippen molar-refractivity contribution in [2.75, 3.05) is 32.8 Å². The van der Waals surface area contributed by atoms with Crippen molar-refractivity contribution in [1.82, 2.24) is 15.5 Å². The van der Waals surface area contributed by atoms with Crippen LogP contribution >= 0.6 is 0 Å². The smallest absolute Gasteiger partial charge is 0.242 e. The third-order valence-corrected chi connectivity index (χ3v) is 3.99. The van der Waals surface area contributed by atoms with Crippen LogP contribution in [0.5, 0.6) is 0 Å². The standard InChI is InChI=1S/C14H25N3O3/c1-2-12-14(19)16-8-9-17(12)13(18)5-10-20-11-3-6-15-7-4-11/h11-12,15H,2-10H2,1H3,(H,16,19). The lowest BCUT2D eigenvalue weighted by Gasteiger charge is -2.34. The second-order valence-electron chi connectivity index (χ2n) is 5.37. The molecule has 6 nitrogen and oxygen atoms in total. The zero-order valence-corrected chi connectivity index (χ0v) is 12.2. The summed E-state index contributed by atoms with van der Waals surface area (Å²) in [6, 6.07) is -0.310. The fourth-order valence-electron chi connectivity index (χ4n) is 2.84. The minimum Gasteiger partial charge on any atom is -0.378 e. The first-order chi connectivity index (χ1) is 9.72. The molecule has 1 atom stereocenters. The van der Waals surface area contributed by atoms with Crippen LogP contribution < -0.4 is 10.6 Å². The van der Waals surface area contributed by atoms with Gasteiger partial charge in [-0.25, -0.2) is 0 Å². The van der Waals surface area contributed by atoms with E-state index in [2.05, 4.69) is 10.6 Å². The normalized spacial score (nSPS) is 24.6. The molecule has 2 heterocycles. The molecule has 20 heavy (non-hydrogen) atoms. The van der Waals surface area contributed by atoms with E-state index in [0.717, 1.165) is 25.9 Å². The van der Waals surface area contributed by atoms with Gasteiger partial charge in [-0.05, 0) is 32.4 Å². The lowest BCUT2D eigenvalue weighted by molar-refractivity contribution is -0.144. The Labute approximate surface area is 120 Å². The molecule has 0 spiro atoms. The maximum atomic E-state index is 12.2. The fraction of sp³-hybridized carbons (Fsp3) is 0.857. The van der Waals surface area contributed by atoms with Gasteiger partial charge < -0.3 is 20.3 Å². The maximum Gasteiger partial charge on any atom is 0.242 e. The molecule has 2 aliphatic heterocycles. The van der Waals surface area contributed by atoms with E-state index in [4.69, 9.17) is 4.74 Å². The zero-order valence-electron chi connectivity index (χ0n) is 12.2. The zero-order chi connectivity index (χ0) is 14.4. The first-order valence-corrected chi connectivity index (χ1v) is 7.62. The number of nitrogens with zero attached hydrogens (tertiary/aromatic N) is 1. The average molecular weight is 283 g/mol. The van der Waals surface area contributed by atoms with Crippen molar-refractivity contribution in [2.45, 2.75) is 44.8 Å². The molecule has 2 saturated heterocycles. The van der Waals surface area contributed by atoms with Crippen molar-refractivity contribution in [2.24, 2.45) is 0 Å². The van der Waals surface area contributed by atoms with Crippen LogP contribution in [0.25, 0.3) is 0 Å². The number of rotatable bonds is 5. The summed E-state index contributed by atoms with van der Waals surface area (Å²) in [4.78, 5) is 25.6. The van der Waals surface area contributed by atoms with Gasteiger partial charge in [0.25, 0.3) is 0 Å². The molecule has 6 heteroatoms. The van der Waals surface area contributed by atoms with Gasteiger partial charge in [0.2, 0.25) is 11.8 Å². The van der Waals surface area contributed by atoms with Crippen molar-refractivity contribution < 1.29 is 14.3 Å². The van der Waals surface area contributed by atoms with E-state index >= 15 is 0 Å². The number of carbonyl (C=O) groups is 2. The van der Waals surface area contributed by atoms with Crippen molar-refractivity contribution in [3.8, 4) is 0 Å². The molecule has 2 fully saturated rings. The second-order valence-corrected chi connectivity index (χ2v) is 5.37. The van der Waals surface area contributed by atoms with Gasteiger partial charge in [-0.1, -0.05) is 6.92 Å². The minimum atomic E-state index is -0.310. The minimum absolute atomic E-state index is 0.0284. The number of amides is 2. The van der Waals surface area contributed by atoms with Gasteiger partial charge >= 0.3 is 0 Å². The largest absolute Gasteiger partial charge is 0.378 e. The van der Waals surface area contributed by atoms with E-state index in [1.807, 2.05) is 6.92 Å². The summed E-state index contributed by atoms with van der Waals surface area (Å²) < 4.78 is 5.75. The highest BCUT2D eigenvalue weighted by atomic mass is 16.5. The summed E-state index contributed by atoms with van der Waals surface area (Å²) in [7, 11) is 0. The number of piperazine rings is 1. The van der Waals surface area contributed by atoms with Gasteiger partial charge in [0.15, 0.2) is 0 Å². The van der Waals surface area contributed by atoms with Crippen LogP contribution in [0, 0.1) is 0 Å². The highest BCUT2D eigenvalue weighted by Crippen LogP contribution is 2.12. The van der Waals surface area contributed by atoms with Gasteiger partial charge in [0.05, 0.1) is 19.1 Å². The predicted molar refractivity (Wildman–Crippen MR) is 75.3 cm³/mol. The first-order valence-electron chi connectivity index (χ1n) is 7.62. The Hall–Kier alpha value is -1.14. The number of nitrogens with one attached hydrogen (secondary N) is 2. The highest BCUT2D eigenvalue weighted by molar-refractivity contribution is 5.88. The quantitative estimate of drug-likeness (QED) is 0.738. The second kappa shape index (κ2) is 7.59. The van der Waals surface area contributed by atoms with Crippen molar-refractivity contribution in [1.29, 1.82) is 0 Å². The van der Waals surface area contributed by atoms with E-state index in [-0.39, 0.29) is 24.0 Å². The van der Waals surface area contributed by atoms with E-state index < -0.39 is 0 Å². The summed E-state index contributed by atoms with van der Waals surface area (Å²) in [5, 5.41) is 6.09. The van der Waals surface area contributed by atoms with Crippen LogP contribution in [0.1, 0.15) is 32.6 Å². The molecule has 2 amide bonds. The highest BCUT2D eigenvalue weighted by Gasteiger charge is 2.31. The van der Waals surface area contributed by atoms with Crippen LogP contribution in [0.15, 0.2) is 0 Å². The van der Waals surface area contributed by atoms with Gasteiger partial charge in [0, 0.05) is 13.1 Å². The van der Waals surface area contributed by atoms with Crippen LogP contribution in [-0.4, -0.2) is 61.6 Å². The van der Waals surface area contributed by atoms with Gasteiger partial charge in [-0.15, -0.1) is 0 Å². The van der Waals surface area contributed by atoms with Crippen LogP contribution in [0.3, 0.4) is 0 Å². The number of carbonyl (C=O) groups excluding carboxylic acids is 2. The molecule has 0 aromatic rings. The molecule has 1 unspecified atom stereocenters. The van der Waals surface area contributed by atoms with Crippen LogP contribution in [0.2, 0.25) is 0 Å². The first kappa shape index (κ1) is 15.3. The molecular formula is C14H25N3O3. The SMILES string of the molecule is CCC1C(=O)NCCN1C(=O)CCOC1CCNCC1. The third-order valence-electron chi connectivity index (χ3n) is 3.99. The Morgan fingerprint density at radius 3 is 2.80 bits per heavy atom. The van der Waals surface area contributed by atoms with E-state index in [0.29, 0.717) is 32.5 Å². The molecule has 2 rings (SSSR count). The average Bonchev–Trinajstić information content (AvgIpc) is 2.48. The summed E-state index contributed by atoms with van der Waals surface area (Å²) in [5.74, 6) is -0.00740. The lowest BCUT2D eigenvalue weighted by Crippen LogP contribution is -2.57. The van der Waals surface area contributed by atoms with Crippen molar-refractivity contribution in [3.63, 3.8) is 0 Å². The van der Waals surface area contributed by atoms with E-state index in [1.54, 1.807) is 4.90 Å². The molecule has 0 bridgehead atoms. The topological polar surface area (TPSA) is 70.7 Å². The van der Waals surface area contributed by atoms with Crippen molar-refractivity contribution in [3.05, 3.63) is 0 Å². The summed E-state index contributed by atoms with van der Waals surface area (Å²) in [6.45, 7) is 5.53. The number of piperidine rings is 1. The summed E-state index contributed by atoms with van der Waals surface area (Å²) in [5.41, 5.74) is 0. The predicted octanol–water partition coefficient (Wildman–Crippen LogP) is -0.118. The summed E-state index contributed by atoms with van der Waals surface area (Å²) >= 11 is 0. The van der Waals surface area contributed by atoms with Crippen LogP contribution in [0.4, 0.5) is 0 Å². The Kier molecular flexibility index (Phi) is 5.79. The monoisotopic (exact) mass is 283 g/mol. The number of hydrogen-bond donors (Lipinski definition) is 2. The molecule has 0 aromatic heterocycles. The molecule has 114 valence electrons. The molecule has 0 aromatic carbocycles. The Balaban J connectivity index is 1.74. The van der Waals surface area contributed by atoms with Gasteiger partial charge in [-0.3, -0.25) is 9.59 Å². The molecule has 0 saturated carbocycles. The number of hydrogen-bond acceptors (Lipinski definition) is 4. The Bertz CT molecular complexity index is 343. The van der Waals surface area contributed by atoms with Crippen LogP contribution in [-0.2, 0) is 14.3 Å². The molecule has 0 radical (unpaired) electrons. The molecule has 0 aliphatic carbocycles. The molecular weight excluding hydrogens is 258 g/mol. The Morgan fingerprint density at radius 2 is 2.10 bits per heavy atom. The van der Waals surface area contributed by atoms with E-state index in [9.17, 15) is 9.59 Å².